The van der Waals surface area contributed by atoms with Gasteiger partial charge in [-0.05, 0) is 46.0 Å². The van der Waals surface area contributed by atoms with Crippen LogP contribution >= 0.6 is 0 Å². The molecule has 0 bridgehead atoms. The van der Waals surface area contributed by atoms with Crippen LogP contribution < -0.4 is 0 Å². The predicted octanol–water partition coefficient (Wildman–Crippen LogP) is 2.47. The third-order valence-corrected chi connectivity index (χ3v) is 6.90. The molecule has 0 aromatic heterocycles. The molecule has 0 amide bonds. The lowest BCUT2D eigenvalue weighted by atomic mass is 9.53. The van der Waals surface area contributed by atoms with Crippen LogP contribution in [0.5, 0.6) is 0 Å². The Bertz CT molecular complexity index is 762. The van der Waals surface area contributed by atoms with Gasteiger partial charge in [-0.25, -0.2) is 9.59 Å². The number of esters is 3. The summed E-state index contributed by atoms with van der Waals surface area (Å²) in [4.78, 5) is 37.1. The first-order chi connectivity index (χ1) is 12.3. The molecule has 26 heavy (non-hydrogen) atoms. The summed E-state index contributed by atoms with van der Waals surface area (Å²) in [5.41, 5.74) is 1.40. The molecule has 2 aliphatic heterocycles. The van der Waals surface area contributed by atoms with Gasteiger partial charge in [0.15, 0.2) is 0 Å². The number of ether oxygens (including phenoxy) is 3. The molecular weight excluding hydrogens is 336 g/mol. The van der Waals surface area contributed by atoms with Crippen molar-refractivity contribution in [3.63, 3.8) is 0 Å². The molecule has 6 heteroatoms. The molecule has 0 N–H and O–H groups in total. The standard InChI is InChI=1S/C20H24O6/c1-5-9(2)17(21)24-12-7-6-11-8-13-14(10(3)18(22)25-13)16-20(11,4)15(12)19(23)26-16/h5,11-13,15-16H,6-8H2,1-4H3/b9-5-/t11-,12+,13+,15+,16+,20+/m1/s1. The van der Waals surface area contributed by atoms with Gasteiger partial charge in [0.1, 0.15) is 24.2 Å². The van der Waals surface area contributed by atoms with Crippen LogP contribution in [0.15, 0.2) is 22.8 Å². The Hall–Kier alpha value is -2.11. The highest BCUT2D eigenvalue weighted by atomic mass is 16.6. The highest BCUT2D eigenvalue weighted by Crippen LogP contribution is 2.61. The van der Waals surface area contributed by atoms with E-state index in [2.05, 4.69) is 0 Å². The molecule has 1 saturated heterocycles. The molecule has 2 aliphatic carbocycles. The molecule has 0 aromatic rings. The first-order valence-corrected chi connectivity index (χ1v) is 9.25. The Morgan fingerprint density at radius 2 is 2.00 bits per heavy atom. The van der Waals surface area contributed by atoms with E-state index in [0.29, 0.717) is 24.0 Å². The zero-order valence-corrected chi connectivity index (χ0v) is 15.5. The van der Waals surface area contributed by atoms with Gasteiger partial charge < -0.3 is 14.2 Å². The fourth-order valence-corrected chi connectivity index (χ4v) is 5.28. The Morgan fingerprint density at radius 1 is 1.27 bits per heavy atom. The van der Waals surface area contributed by atoms with Crippen LogP contribution in [0.2, 0.25) is 0 Å². The van der Waals surface area contributed by atoms with E-state index in [1.807, 2.05) is 6.92 Å². The maximum absolute atomic E-state index is 12.8. The van der Waals surface area contributed by atoms with Gasteiger partial charge in [-0.2, -0.15) is 0 Å². The highest BCUT2D eigenvalue weighted by molar-refractivity contribution is 5.93. The van der Waals surface area contributed by atoms with E-state index in [1.54, 1.807) is 26.8 Å². The normalized spacial score (nSPS) is 41.4. The molecule has 0 radical (unpaired) electrons. The van der Waals surface area contributed by atoms with Gasteiger partial charge in [0.05, 0.1) is 0 Å². The van der Waals surface area contributed by atoms with Gasteiger partial charge in [-0.1, -0.05) is 13.0 Å². The smallest absolute Gasteiger partial charge is 0.334 e. The molecule has 3 fully saturated rings. The van der Waals surface area contributed by atoms with E-state index in [9.17, 15) is 14.4 Å². The minimum Gasteiger partial charge on any atom is -0.458 e. The second-order valence-corrected chi connectivity index (χ2v) is 8.06. The lowest BCUT2D eigenvalue weighted by Gasteiger charge is -2.50. The Labute approximate surface area is 152 Å². The van der Waals surface area contributed by atoms with Crippen LogP contribution in [0.3, 0.4) is 0 Å². The quantitative estimate of drug-likeness (QED) is 0.428. The van der Waals surface area contributed by atoms with Crippen molar-refractivity contribution >= 4 is 17.9 Å². The molecule has 4 aliphatic rings. The van der Waals surface area contributed by atoms with Crippen molar-refractivity contribution < 1.29 is 28.6 Å². The number of carbonyl (C=O) groups is 3. The predicted molar refractivity (Wildman–Crippen MR) is 90.7 cm³/mol. The molecule has 6 nitrogen and oxygen atoms in total. The average Bonchev–Trinajstić information content (AvgIpc) is 3.03. The van der Waals surface area contributed by atoms with Crippen LogP contribution in [0, 0.1) is 17.3 Å². The minimum absolute atomic E-state index is 0.189. The fraction of sp³-hybridized carbons (Fsp3) is 0.650. The van der Waals surface area contributed by atoms with E-state index in [4.69, 9.17) is 14.2 Å². The molecule has 6 atom stereocenters. The minimum atomic E-state index is -0.503. The number of hydrogen-bond acceptors (Lipinski definition) is 6. The van der Waals surface area contributed by atoms with Crippen molar-refractivity contribution in [2.45, 2.75) is 65.3 Å². The molecule has 2 heterocycles. The Morgan fingerprint density at radius 3 is 2.69 bits per heavy atom. The number of allylic oxidation sites excluding steroid dienone is 1. The topological polar surface area (TPSA) is 78.9 Å². The SMILES string of the molecule is C/C=C(/C)C(=O)O[C@H]1CC[C@@H]2C[C@@H]3OC(=O)C(C)=C3[C@@H]3OC(=O)[C@H]1[C@]23C. The van der Waals surface area contributed by atoms with E-state index >= 15 is 0 Å². The van der Waals surface area contributed by atoms with Crippen LogP contribution in [-0.2, 0) is 28.6 Å². The van der Waals surface area contributed by atoms with E-state index in [-0.39, 0.29) is 29.9 Å². The number of fused-ring (bicyclic) bond motifs is 2. The van der Waals surface area contributed by atoms with E-state index in [0.717, 1.165) is 12.0 Å². The Kier molecular flexibility index (Phi) is 3.79. The third-order valence-electron chi connectivity index (χ3n) is 6.90. The summed E-state index contributed by atoms with van der Waals surface area (Å²) in [6, 6.07) is 0. The largest absolute Gasteiger partial charge is 0.458 e. The second-order valence-electron chi connectivity index (χ2n) is 8.06. The van der Waals surface area contributed by atoms with E-state index in [1.165, 1.54) is 0 Å². The number of carbonyl (C=O) groups excluding carboxylic acids is 3. The number of hydrogen-bond donors (Lipinski definition) is 0. The third kappa shape index (κ3) is 2.14. The first-order valence-electron chi connectivity index (χ1n) is 9.25. The maximum atomic E-state index is 12.8. The van der Waals surface area contributed by atoms with Gasteiger partial charge in [-0.3, -0.25) is 4.79 Å². The zero-order chi connectivity index (χ0) is 18.8. The van der Waals surface area contributed by atoms with Crippen molar-refractivity contribution in [2.75, 3.05) is 0 Å². The van der Waals surface area contributed by atoms with Gasteiger partial charge in [0.2, 0.25) is 0 Å². The lowest BCUT2D eigenvalue weighted by Crippen LogP contribution is -2.55. The summed E-state index contributed by atoms with van der Waals surface area (Å²) in [5.74, 6) is -1.36. The molecule has 4 rings (SSSR count). The van der Waals surface area contributed by atoms with Gasteiger partial charge in [-0.15, -0.1) is 0 Å². The number of rotatable bonds is 2. The summed E-state index contributed by atoms with van der Waals surface area (Å²) in [6.45, 7) is 7.26. The van der Waals surface area contributed by atoms with Crippen molar-refractivity contribution in [1.29, 1.82) is 0 Å². The van der Waals surface area contributed by atoms with Gasteiger partial charge in [0.25, 0.3) is 0 Å². The molecule has 2 saturated carbocycles. The molecule has 0 aromatic carbocycles. The van der Waals surface area contributed by atoms with Crippen LogP contribution in [0.1, 0.15) is 47.0 Å². The van der Waals surface area contributed by atoms with Crippen LogP contribution in [-0.4, -0.2) is 36.2 Å². The van der Waals surface area contributed by atoms with Crippen molar-refractivity contribution in [3.8, 4) is 0 Å². The highest BCUT2D eigenvalue weighted by Gasteiger charge is 2.68. The summed E-state index contributed by atoms with van der Waals surface area (Å²) in [7, 11) is 0. The first kappa shape index (κ1) is 17.3. The van der Waals surface area contributed by atoms with Crippen molar-refractivity contribution in [1.82, 2.24) is 0 Å². The fourth-order valence-electron chi connectivity index (χ4n) is 5.28. The van der Waals surface area contributed by atoms with Crippen LogP contribution in [0.4, 0.5) is 0 Å². The van der Waals surface area contributed by atoms with Crippen molar-refractivity contribution in [3.05, 3.63) is 22.8 Å². The summed E-state index contributed by atoms with van der Waals surface area (Å²) < 4.78 is 17.0. The lowest BCUT2D eigenvalue weighted by molar-refractivity contribution is -0.161. The molecule has 0 spiro atoms. The summed E-state index contributed by atoms with van der Waals surface area (Å²) >= 11 is 0. The molecule has 140 valence electrons. The van der Waals surface area contributed by atoms with Crippen LogP contribution in [0.25, 0.3) is 0 Å². The maximum Gasteiger partial charge on any atom is 0.334 e. The van der Waals surface area contributed by atoms with Gasteiger partial charge in [0, 0.05) is 22.1 Å². The monoisotopic (exact) mass is 360 g/mol. The zero-order valence-electron chi connectivity index (χ0n) is 15.5. The summed E-state index contributed by atoms with van der Waals surface area (Å²) in [6.07, 6.45) is 2.58. The van der Waals surface area contributed by atoms with E-state index < -0.39 is 23.5 Å². The van der Waals surface area contributed by atoms with Gasteiger partial charge >= 0.3 is 17.9 Å². The molecular formula is C20H24O6. The second kappa shape index (κ2) is 5.69. The summed E-state index contributed by atoms with van der Waals surface area (Å²) in [5, 5.41) is 0. The van der Waals surface area contributed by atoms with Crippen molar-refractivity contribution in [2.24, 2.45) is 17.3 Å². The Balaban J connectivity index is 1.70. The molecule has 0 unspecified atom stereocenters. The average molecular weight is 360 g/mol.